The van der Waals surface area contributed by atoms with E-state index >= 15 is 0 Å². The maximum atomic E-state index is 13.1. The van der Waals surface area contributed by atoms with E-state index in [1.165, 1.54) is 18.2 Å². The van der Waals surface area contributed by atoms with Crippen LogP contribution < -0.4 is 20.1 Å². The molecule has 2 N–H and O–H groups in total. The van der Waals surface area contributed by atoms with E-state index in [0.717, 1.165) is 6.07 Å². The number of carbonyl (C=O) groups is 3. The largest absolute Gasteiger partial charge is 0.492 e. The van der Waals surface area contributed by atoms with Crippen LogP contribution in [0.2, 0.25) is 0 Å². The van der Waals surface area contributed by atoms with E-state index in [1.54, 1.807) is 54.6 Å². The number of anilines is 1. The summed E-state index contributed by atoms with van der Waals surface area (Å²) in [6, 6.07) is 20.3. The van der Waals surface area contributed by atoms with Gasteiger partial charge in [0.15, 0.2) is 0 Å². The Hall–Kier alpha value is -4.47. The first kappa shape index (κ1) is 26.1. The predicted molar refractivity (Wildman–Crippen MR) is 127 cm³/mol. The van der Waals surface area contributed by atoms with Gasteiger partial charge >= 0.3 is 12.6 Å². The molecular formula is C26H24F2N2O6. The van der Waals surface area contributed by atoms with E-state index in [1.807, 2.05) is 6.92 Å². The van der Waals surface area contributed by atoms with Crippen molar-refractivity contribution in [3.63, 3.8) is 0 Å². The second-order valence-corrected chi connectivity index (χ2v) is 7.29. The van der Waals surface area contributed by atoms with Gasteiger partial charge in [-0.3, -0.25) is 14.4 Å². The molecule has 36 heavy (non-hydrogen) atoms. The first-order valence-electron chi connectivity index (χ1n) is 11.0. The highest BCUT2D eigenvalue weighted by atomic mass is 19.3. The third-order valence-electron chi connectivity index (χ3n) is 4.75. The van der Waals surface area contributed by atoms with Crippen LogP contribution in [0.15, 0.2) is 78.9 Å². The molecule has 8 nitrogen and oxygen atoms in total. The maximum absolute atomic E-state index is 13.1. The molecule has 188 valence electrons. The Morgan fingerprint density at radius 3 is 2.36 bits per heavy atom. The Labute approximate surface area is 206 Å². The Morgan fingerprint density at radius 1 is 0.917 bits per heavy atom. The fourth-order valence-corrected chi connectivity index (χ4v) is 3.19. The van der Waals surface area contributed by atoms with Crippen LogP contribution in [-0.4, -0.2) is 37.5 Å². The number of rotatable bonds is 11. The number of alkyl halides is 2. The average molecular weight is 498 g/mol. The first-order chi connectivity index (χ1) is 17.4. The van der Waals surface area contributed by atoms with Gasteiger partial charge in [-0.15, -0.1) is 0 Å². The minimum Gasteiger partial charge on any atom is -0.492 e. The molecule has 0 aliphatic heterocycles. The van der Waals surface area contributed by atoms with E-state index in [4.69, 9.17) is 9.47 Å². The highest BCUT2D eigenvalue weighted by molar-refractivity contribution is 5.98. The van der Waals surface area contributed by atoms with Crippen molar-refractivity contribution in [1.29, 1.82) is 0 Å². The number of hydrogen-bond donors (Lipinski definition) is 2. The number of halogens is 2. The van der Waals surface area contributed by atoms with Gasteiger partial charge in [0.1, 0.15) is 18.0 Å². The summed E-state index contributed by atoms with van der Waals surface area (Å²) in [6.07, 6.45) is -1.31. The summed E-state index contributed by atoms with van der Waals surface area (Å²) >= 11 is 0. The second kappa shape index (κ2) is 12.8. The van der Waals surface area contributed by atoms with Gasteiger partial charge < -0.3 is 24.8 Å². The van der Waals surface area contributed by atoms with Crippen LogP contribution >= 0.6 is 0 Å². The summed E-state index contributed by atoms with van der Waals surface area (Å²) in [4.78, 5) is 38.0. The molecule has 0 aromatic heterocycles. The smallest absolute Gasteiger partial charge is 0.387 e. The van der Waals surface area contributed by atoms with Crippen LogP contribution in [0.1, 0.15) is 28.9 Å². The van der Waals surface area contributed by atoms with Crippen molar-refractivity contribution >= 4 is 23.5 Å². The van der Waals surface area contributed by atoms with Gasteiger partial charge in [0, 0.05) is 11.1 Å². The number of para-hydroxylation sites is 2. The van der Waals surface area contributed by atoms with Gasteiger partial charge in [-0.2, -0.15) is 8.78 Å². The van der Waals surface area contributed by atoms with E-state index in [2.05, 4.69) is 15.4 Å². The molecule has 0 aliphatic rings. The topological polar surface area (TPSA) is 103 Å². The molecule has 10 heteroatoms. The zero-order valence-corrected chi connectivity index (χ0v) is 19.3. The molecule has 0 radical (unpaired) electrons. The van der Waals surface area contributed by atoms with Crippen molar-refractivity contribution in [3.8, 4) is 11.5 Å². The zero-order chi connectivity index (χ0) is 25.9. The van der Waals surface area contributed by atoms with Gasteiger partial charge in [0.05, 0.1) is 12.3 Å². The Morgan fingerprint density at radius 2 is 1.64 bits per heavy atom. The third-order valence-corrected chi connectivity index (χ3v) is 4.75. The lowest BCUT2D eigenvalue weighted by molar-refractivity contribution is -0.153. The lowest BCUT2D eigenvalue weighted by atomic mass is 10.1. The number of nitrogens with one attached hydrogen (secondary N) is 2. The number of carbonyl (C=O) groups excluding carboxylic acids is 3. The van der Waals surface area contributed by atoms with Crippen molar-refractivity contribution in [2.24, 2.45) is 0 Å². The van der Waals surface area contributed by atoms with Gasteiger partial charge in [-0.1, -0.05) is 48.5 Å². The average Bonchev–Trinajstić information content (AvgIpc) is 2.87. The third kappa shape index (κ3) is 7.52. The van der Waals surface area contributed by atoms with Crippen molar-refractivity contribution in [2.45, 2.75) is 19.6 Å². The maximum Gasteiger partial charge on any atom is 0.387 e. The summed E-state index contributed by atoms with van der Waals surface area (Å²) in [5.41, 5.74) is 0.826. The van der Waals surface area contributed by atoms with Gasteiger partial charge in [0.25, 0.3) is 11.8 Å². The van der Waals surface area contributed by atoms with E-state index in [9.17, 15) is 23.2 Å². The standard InChI is InChI=1S/C26H24F2N2O6/c1-2-34-21-14-7-6-13-20(21)30-25(33)23(17-9-4-3-5-10-17)36-22(31)16-29-24(32)18-11-8-12-19(15-18)35-26(27)28/h3-15,23,26H,2,16H2,1H3,(H,29,32)(H,30,33). The van der Waals surface area contributed by atoms with Crippen LogP contribution in [0.25, 0.3) is 0 Å². The number of hydrogen-bond acceptors (Lipinski definition) is 6. The van der Waals surface area contributed by atoms with Gasteiger partial charge in [-0.05, 0) is 37.3 Å². The fourth-order valence-electron chi connectivity index (χ4n) is 3.19. The molecule has 0 saturated heterocycles. The summed E-state index contributed by atoms with van der Waals surface area (Å²) in [6.45, 7) is -1.41. The van der Waals surface area contributed by atoms with Gasteiger partial charge in [0.2, 0.25) is 6.10 Å². The number of ether oxygens (including phenoxy) is 3. The van der Waals surface area contributed by atoms with Crippen molar-refractivity contribution in [2.75, 3.05) is 18.5 Å². The summed E-state index contributed by atoms with van der Waals surface area (Å²) in [5.74, 6) is -1.96. The van der Waals surface area contributed by atoms with Crippen molar-refractivity contribution in [1.82, 2.24) is 5.32 Å². The van der Waals surface area contributed by atoms with Crippen molar-refractivity contribution in [3.05, 3.63) is 90.0 Å². The van der Waals surface area contributed by atoms with Crippen molar-refractivity contribution < 1.29 is 37.4 Å². The highest BCUT2D eigenvalue weighted by Gasteiger charge is 2.26. The molecule has 1 atom stereocenters. The Balaban J connectivity index is 1.68. The molecule has 3 rings (SSSR count). The molecule has 3 aromatic carbocycles. The lowest BCUT2D eigenvalue weighted by Crippen LogP contribution is -2.33. The molecule has 0 spiro atoms. The summed E-state index contributed by atoms with van der Waals surface area (Å²) in [5, 5.41) is 5.05. The van der Waals surface area contributed by atoms with E-state index < -0.39 is 37.0 Å². The molecular weight excluding hydrogens is 474 g/mol. The summed E-state index contributed by atoms with van der Waals surface area (Å²) < 4.78 is 40.0. The molecule has 3 aromatic rings. The van der Waals surface area contributed by atoms with Crippen LogP contribution in [0.4, 0.5) is 14.5 Å². The minimum atomic E-state index is -3.04. The monoisotopic (exact) mass is 498 g/mol. The number of amides is 2. The van der Waals surface area contributed by atoms with Crippen LogP contribution in [0.5, 0.6) is 11.5 Å². The van der Waals surface area contributed by atoms with E-state index in [0.29, 0.717) is 23.6 Å². The first-order valence-corrected chi connectivity index (χ1v) is 11.0. The normalized spacial score (nSPS) is 11.3. The molecule has 0 saturated carbocycles. The molecule has 0 heterocycles. The Kier molecular flexibility index (Phi) is 9.33. The van der Waals surface area contributed by atoms with Crippen LogP contribution in [0, 0.1) is 0 Å². The minimum absolute atomic E-state index is 0.00540. The molecule has 0 bridgehead atoms. The van der Waals surface area contributed by atoms with E-state index in [-0.39, 0.29) is 11.3 Å². The number of benzene rings is 3. The zero-order valence-electron chi connectivity index (χ0n) is 19.3. The molecule has 1 unspecified atom stereocenters. The Bertz CT molecular complexity index is 1190. The van der Waals surface area contributed by atoms with Gasteiger partial charge in [-0.25, -0.2) is 0 Å². The highest BCUT2D eigenvalue weighted by Crippen LogP contribution is 2.26. The number of esters is 1. The quantitative estimate of drug-likeness (QED) is 0.382. The molecule has 2 amide bonds. The van der Waals surface area contributed by atoms with Crippen LogP contribution in [0.3, 0.4) is 0 Å². The predicted octanol–water partition coefficient (Wildman–Crippen LogP) is 4.34. The fraction of sp³-hybridized carbons (Fsp3) is 0.192. The summed E-state index contributed by atoms with van der Waals surface area (Å²) in [7, 11) is 0. The molecule has 0 fully saturated rings. The lowest BCUT2D eigenvalue weighted by Gasteiger charge is -2.19. The second-order valence-electron chi connectivity index (χ2n) is 7.29. The van der Waals surface area contributed by atoms with Crippen LogP contribution in [-0.2, 0) is 14.3 Å². The molecule has 0 aliphatic carbocycles. The SMILES string of the molecule is CCOc1ccccc1NC(=O)C(OC(=O)CNC(=O)c1cccc(OC(F)F)c1)c1ccccc1.